The van der Waals surface area contributed by atoms with Crippen LogP contribution < -0.4 is 0 Å². The summed E-state index contributed by atoms with van der Waals surface area (Å²) in [5, 5.41) is 0. The van der Waals surface area contributed by atoms with Gasteiger partial charge in [0.25, 0.3) is 0 Å². The molecule has 0 amide bonds. The van der Waals surface area contributed by atoms with Crippen LogP contribution in [0.25, 0.3) is 67.3 Å². The van der Waals surface area contributed by atoms with E-state index in [4.69, 9.17) is 0 Å². The topological polar surface area (TPSA) is 0 Å². The maximum absolute atomic E-state index is 14.2. The Hall–Kier alpha value is -6.14. The van der Waals surface area contributed by atoms with Gasteiger partial charge in [-0.3, -0.25) is 0 Å². The molecule has 6 heteroatoms. The number of rotatable bonds is 18. The second kappa shape index (κ2) is 20.4. The molecule has 7 aromatic carbocycles. The first-order valence-corrected chi connectivity index (χ1v) is 25.1. The molecule has 69 heavy (non-hydrogen) atoms. The Morgan fingerprint density at radius 3 is 1.17 bits per heavy atom. The first-order chi connectivity index (χ1) is 33.4. The summed E-state index contributed by atoms with van der Waals surface area (Å²) < 4.78 is 85.3. The lowest BCUT2D eigenvalue weighted by Crippen LogP contribution is -2.25. The molecule has 7 aromatic rings. The quantitative estimate of drug-likeness (QED) is 0.0594. The Morgan fingerprint density at radius 2 is 0.739 bits per heavy atom. The maximum Gasteiger partial charge on any atom is 0.416 e. The predicted molar refractivity (Wildman–Crippen MR) is 274 cm³/mol. The van der Waals surface area contributed by atoms with Crippen molar-refractivity contribution in [2.75, 3.05) is 0 Å². The van der Waals surface area contributed by atoms with Crippen molar-refractivity contribution in [2.24, 2.45) is 0 Å². The number of halogens is 6. The van der Waals surface area contributed by atoms with E-state index in [1.807, 2.05) is 48.5 Å². The van der Waals surface area contributed by atoms with Crippen molar-refractivity contribution in [3.8, 4) is 55.6 Å². The molecule has 0 saturated heterocycles. The molecule has 354 valence electrons. The molecule has 0 unspecified atom stereocenters. The van der Waals surface area contributed by atoms with Gasteiger partial charge in [-0.25, -0.2) is 0 Å². The Balaban J connectivity index is 1.18. The summed E-state index contributed by atoms with van der Waals surface area (Å²) in [5.74, 6) is 0. The highest BCUT2D eigenvalue weighted by atomic mass is 19.4. The average Bonchev–Trinajstić information content (AvgIpc) is 3.81. The zero-order valence-electron chi connectivity index (χ0n) is 39.7. The molecule has 9 rings (SSSR count). The molecule has 0 N–H and O–H groups in total. The highest BCUT2D eigenvalue weighted by molar-refractivity contribution is 6.08. The van der Waals surface area contributed by atoms with Gasteiger partial charge in [-0.05, 0) is 150 Å². The number of alkyl halides is 6. The highest BCUT2D eigenvalue weighted by Gasteiger charge is 2.43. The molecular formula is C63H60F6. The van der Waals surface area contributed by atoms with Gasteiger partial charge >= 0.3 is 12.4 Å². The van der Waals surface area contributed by atoms with Gasteiger partial charge in [0.15, 0.2) is 0 Å². The summed E-state index contributed by atoms with van der Waals surface area (Å²) in [7, 11) is 0. The van der Waals surface area contributed by atoms with Crippen LogP contribution >= 0.6 is 0 Å². The SMILES string of the molecule is CCCCCCCCC1(CCCCCCCC)c2cc(-c3ccccc3)ccc2-c2ccc(-c3ccc4c(c3)/C(=C\c3cc(C(F)(F)F)cc(C(F)(F)F)c3)c3cc(-c5ccccc5)ccc3-4)cc21. The molecule has 0 fully saturated rings. The van der Waals surface area contributed by atoms with Crippen molar-refractivity contribution in [2.45, 2.75) is 122 Å². The molecule has 0 aliphatic heterocycles. The van der Waals surface area contributed by atoms with Crippen molar-refractivity contribution in [3.63, 3.8) is 0 Å². The smallest absolute Gasteiger partial charge is 0.166 e. The number of fused-ring (bicyclic) bond motifs is 6. The van der Waals surface area contributed by atoms with Crippen LogP contribution in [0, 0.1) is 0 Å². The molecular weight excluding hydrogens is 871 g/mol. The third-order valence-electron chi connectivity index (χ3n) is 14.7. The summed E-state index contributed by atoms with van der Waals surface area (Å²) in [6, 6.07) is 48.4. The lowest BCUT2D eigenvalue weighted by molar-refractivity contribution is -0.143. The van der Waals surface area contributed by atoms with Crippen LogP contribution in [0.2, 0.25) is 0 Å². The number of hydrogen-bond acceptors (Lipinski definition) is 0. The third kappa shape index (κ3) is 10.1. The molecule has 2 aliphatic carbocycles. The number of hydrogen-bond donors (Lipinski definition) is 0. The van der Waals surface area contributed by atoms with Crippen molar-refractivity contribution in [1.82, 2.24) is 0 Å². The number of unbranched alkanes of at least 4 members (excludes halogenated alkanes) is 10. The Morgan fingerprint density at radius 1 is 0.362 bits per heavy atom. The highest BCUT2D eigenvalue weighted by Crippen LogP contribution is 2.56. The summed E-state index contributed by atoms with van der Waals surface area (Å²) in [5.41, 5.74) is 12.3. The first-order valence-electron chi connectivity index (χ1n) is 25.1. The molecule has 0 bridgehead atoms. The molecule has 0 radical (unpaired) electrons. The normalized spacial score (nSPS) is 14.2. The van der Waals surface area contributed by atoms with E-state index in [1.54, 1.807) is 0 Å². The predicted octanol–water partition coefficient (Wildman–Crippen LogP) is 20.1. The van der Waals surface area contributed by atoms with E-state index >= 15 is 0 Å². The van der Waals surface area contributed by atoms with E-state index in [2.05, 4.69) is 98.8 Å². The van der Waals surface area contributed by atoms with Crippen molar-refractivity contribution in [3.05, 3.63) is 191 Å². The second-order valence-corrected chi connectivity index (χ2v) is 19.3. The molecule has 0 nitrogen and oxygen atoms in total. The standard InChI is InChI=1S/C63H60F6/c1-3-5-7-9-11-19-33-61(34-20-12-10-8-6-4-2)59-40-48(45-23-17-14-18-24-45)27-31-54(59)55-32-28-49(41-60(55)61)47-26-30-53-52-29-25-46(44-21-15-13-16-22-44)38-57(52)56(58(53)39-47)37-43-35-50(62(64,65)66)42-51(36-43)63(67,68)69/h13-18,21-32,35-42H,3-12,19-20,33-34H2,1-2H3/b56-37-. The summed E-state index contributed by atoms with van der Waals surface area (Å²) >= 11 is 0. The van der Waals surface area contributed by atoms with Crippen molar-refractivity contribution < 1.29 is 26.3 Å². The fourth-order valence-corrected chi connectivity index (χ4v) is 11.1. The molecule has 0 saturated carbocycles. The van der Waals surface area contributed by atoms with Gasteiger partial charge < -0.3 is 0 Å². The van der Waals surface area contributed by atoms with Crippen LogP contribution in [0.4, 0.5) is 26.3 Å². The minimum absolute atomic E-state index is 0.166. The van der Waals surface area contributed by atoms with E-state index in [9.17, 15) is 26.3 Å². The van der Waals surface area contributed by atoms with Crippen molar-refractivity contribution >= 4 is 11.6 Å². The van der Waals surface area contributed by atoms with E-state index in [0.29, 0.717) is 5.57 Å². The van der Waals surface area contributed by atoms with Gasteiger partial charge in [0.05, 0.1) is 11.1 Å². The average molecular weight is 931 g/mol. The number of benzene rings is 7. The third-order valence-corrected chi connectivity index (χ3v) is 14.7. The van der Waals surface area contributed by atoms with E-state index in [0.717, 1.165) is 82.3 Å². The van der Waals surface area contributed by atoms with Crippen LogP contribution in [-0.2, 0) is 17.8 Å². The van der Waals surface area contributed by atoms with Crippen LogP contribution in [0.5, 0.6) is 0 Å². The van der Waals surface area contributed by atoms with E-state index < -0.39 is 23.5 Å². The minimum atomic E-state index is -4.97. The minimum Gasteiger partial charge on any atom is -0.166 e. The summed E-state index contributed by atoms with van der Waals surface area (Å²) in [6.45, 7) is 4.51. The largest absolute Gasteiger partial charge is 0.416 e. The lowest BCUT2D eigenvalue weighted by atomic mass is 9.70. The van der Waals surface area contributed by atoms with Gasteiger partial charge in [-0.15, -0.1) is 0 Å². The van der Waals surface area contributed by atoms with Crippen LogP contribution in [0.15, 0.2) is 152 Å². The Bertz CT molecular complexity index is 2890. The molecule has 0 atom stereocenters. The lowest BCUT2D eigenvalue weighted by Gasteiger charge is -2.33. The first kappa shape index (κ1) is 47.9. The summed E-state index contributed by atoms with van der Waals surface area (Å²) in [4.78, 5) is 0. The zero-order valence-corrected chi connectivity index (χ0v) is 39.7. The Kier molecular flexibility index (Phi) is 14.2. The van der Waals surface area contributed by atoms with E-state index in [1.165, 1.54) is 104 Å². The van der Waals surface area contributed by atoms with Crippen LogP contribution in [-0.4, -0.2) is 0 Å². The van der Waals surface area contributed by atoms with E-state index in [-0.39, 0.29) is 17.0 Å². The van der Waals surface area contributed by atoms with Gasteiger partial charge in [-0.2, -0.15) is 26.3 Å². The molecule has 0 aromatic heterocycles. The van der Waals surface area contributed by atoms with Gasteiger partial charge in [-0.1, -0.05) is 200 Å². The molecule has 0 heterocycles. The van der Waals surface area contributed by atoms with Crippen molar-refractivity contribution in [1.29, 1.82) is 0 Å². The monoisotopic (exact) mass is 930 g/mol. The second-order valence-electron chi connectivity index (χ2n) is 19.3. The van der Waals surface area contributed by atoms with Crippen LogP contribution in [0.1, 0.15) is 143 Å². The zero-order chi connectivity index (χ0) is 48.2. The fraction of sp³-hybridized carbons (Fsp3) is 0.302. The Labute approximate surface area is 404 Å². The van der Waals surface area contributed by atoms with Gasteiger partial charge in [0, 0.05) is 5.41 Å². The maximum atomic E-state index is 14.2. The molecule has 2 aliphatic rings. The fourth-order valence-electron chi connectivity index (χ4n) is 11.1. The molecule has 0 spiro atoms. The van der Waals surface area contributed by atoms with Gasteiger partial charge in [0.2, 0.25) is 0 Å². The van der Waals surface area contributed by atoms with Crippen LogP contribution in [0.3, 0.4) is 0 Å². The summed E-state index contributed by atoms with van der Waals surface area (Å²) in [6.07, 6.45) is 8.15. The van der Waals surface area contributed by atoms with Gasteiger partial charge in [0.1, 0.15) is 0 Å².